The molecule has 2 N–H and O–H groups in total. The van der Waals surface area contributed by atoms with E-state index < -0.39 is 0 Å². The van der Waals surface area contributed by atoms with Crippen LogP contribution in [0, 0.1) is 6.92 Å². The Hall–Kier alpha value is -2.57. The second-order valence-corrected chi connectivity index (χ2v) is 5.94. The lowest BCUT2D eigenvalue weighted by atomic mass is 10.2. The van der Waals surface area contributed by atoms with Crippen LogP contribution in [0.3, 0.4) is 0 Å². The number of aromatic nitrogens is 3. The number of urea groups is 1. The van der Waals surface area contributed by atoms with Gasteiger partial charge in [-0.05, 0) is 37.5 Å². The van der Waals surface area contributed by atoms with Crippen molar-refractivity contribution in [2.75, 3.05) is 11.9 Å². The summed E-state index contributed by atoms with van der Waals surface area (Å²) in [5.74, 6) is 2.49. The zero-order valence-electron chi connectivity index (χ0n) is 14.1. The number of carbonyl (C=O) groups is 1. The number of carbonyl (C=O) groups excluding carboxylic acids is 1. The van der Waals surface area contributed by atoms with Crippen molar-refractivity contribution in [1.29, 1.82) is 0 Å². The van der Waals surface area contributed by atoms with Gasteiger partial charge in [0.05, 0.1) is 18.8 Å². The maximum absolute atomic E-state index is 12.2. The number of anilines is 1. The average molecular weight is 329 g/mol. The highest BCUT2D eigenvalue weighted by Gasteiger charge is 2.17. The summed E-state index contributed by atoms with van der Waals surface area (Å²) < 4.78 is 7.78. The topological polar surface area (TPSA) is 81.1 Å². The molecule has 0 saturated carbocycles. The first-order valence-electron chi connectivity index (χ1n) is 8.36. The first-order valence-corrected chi connectivity index (χ1v) is 8.36. The molecular weight excluding hydrogens is 306 g/mol. The van der Waals surface area contributed by atoms with E-state index in [9.17, 15) is 4.79 Å². The smallest absolute Gasteiger partial charge is 0.319 e. The van der Waals surface area contributed by atoms with E-state index in [1.54, 1.807) is 0 Å². The molecule has 2 aromatic rings. The van der Waals surface area contributed by atoms with Crippen LogP contribution in [0.5, 0.6) is 5.75 Å². The van der Waals surface area contributed by atoms with Crippen LogP contribution in [0.1, 0.15) is 37.0 Å². The van der Waals surface area contributed by atoms with Gasteiger partial charge in [-0.1, -0.05) is 13.0 Å². The van der Waals surface area contributed by atoms with Gasteiger partial charge in [0.1, 0.15) is 11.6 Å². The van der Waals surface area contributed by atoms with Gasteiger partial charge >= 0.3 is 6.03 Å². The second kappa shape index (κ2) is 7.33. The molecule has 1 aliphatic rings. The molecule has 7 heteroatoms. The lowest BCUT2D eigenvalue weighted by Gasteiger charge is -2.13. The zero-order chi connectivity index (χ0) is 16.9. The highest BCUT2D eigenvalue weighted by atomic mass is 16.5. The summed E-state index contributed by atoms with van der Waals surface area (Å²) >= 11 is 0. The number of ether oxygens (including phenoxy) is 1. The third-order valence-electron chi connectivity index (χ3n) is 3.94. The van der Waals surface area contributed by atoms with Crippen LogP contribution in [0.4, 0.5) is 10.5 Å². The molecule has 2 amide bonds. The average Bonchev–Trinajstić information content (AvgIpc) is 3.17. The third-order valence-corrected chi connectivity index (χ3v) is 3.94. The van der Waals surface area contributed by atoms with Crippen LogP contribution in [0.2, 0.25) is 0 Å². The Labute approximate surface area is 141 Å². The van der Waals surface area contributed by atoms with Crippen LogP contribution >= 0.6 is 0 Å². The molecule has 1 aromatic heterocycles. The molecule has 0 atom stereocenters. The summed E-state index contributed by atoms with van der Waals surface area (Å²) in [6.45, 7) is 5.94. The van der Waals surface area contributed by atoms with E-state index in [0.717, 1.165) is 43.0 Å². The van der Waals surface area contributed by atoms with E-state index >= 15 is 0 Å². The molecule has 0 radical (unpaired) electrons. The highest BCUT2D eigenvalue weighted by molar-refractivity contribution is 5.90. The van der Waals surface area contributed by atoms with Crippen molar-refractivity contribution in [2.45, 2.75) is 46.2 Å². The van der Waals surface area contributed by atoms with E-state index in [1.807, 2.05) is 32.0 Å². The van der Waals surface area contributed by atoms with E-state index in [4.69, 9.17) is 4.74 Å². The minimum atomic E-state index is -0.282. The van der Waals surface area contributed by atoms with Gasteiger partial charge < -0.3 is 19.9 Å². The normalized spacial score (nSPS) is 12.8. The van der Waals surface area contributed by atoms with Gasteiger partial charge in [-0.3, -0.25) is 0 Å². The maximum Gasteiger partial charge on any atom is 0.319 e. The van der Waals surface area contributed by atoms with Gasteiger partial charge in [0.15, 0.2) is 5.82 Å². The number of benzene rings is 1. The molecule has 2 heterocycles. The van der Waals surface area contributed by atoms with Crippen LogP contribution in [-0.4, -0.2) is 27.4 Å². The Kier molecular flexibility index (Phi) is 4.98. The number of fused-ring (bicyclic) bond motifs is 1. The molecule has 0 spiro atoms. The van der Waals surface area contributed by atoms with Crippen LogP contribution < -0.4 is 15.4 Å². The monoisotopic (exact) mass is 329 g/mol. The summed E-state index contributed by atoms with van der Waals surface area (Å²) in [5, 5.41) is 13.9. The predicted molar refractivity (Wildman–Crippen MR) is 91.2 cm³/mol. The van der Waals surface area contributed by atoms with Crippen molar-refractivity contribution >= 4 is 11.7 Å². The summed E-state index contributed by atoms with van der Waals surface area (Å²) in [7, 11) is 0. The van der Waals surface area contributed by atoms with E-state index in [-0.39, 0.29) is 6.03 Å². The molecule has 0 fully saturated rings. The fourth-order valence-corrected chi connectivity index (χ4v) is 2.73. The Morgan fingerprint density at radius 1 is 1.38 bits per heavy atom. The van der Waals surface area contributed by atoms with Crippen molar-refractivity contribution in [3.05, 3.63) is 35.4 Å². The molecule has 24 heavy (non-hydrogen) atoms. The Morgan fingerprint density at radius 2 is 2.25 bits per heavy atom. The quantitative estimate of drug-likeness (QED) is 0.854. The number of aryl methyl sites for hydroxylation is 2. The minimum absolute atomic E-state index is 0.282. The number of hydrogen-bond acceptors (Lipinski definition) is 4. The second-order valence-electron chi connectivity index (χ2n) is 5.94. The van der Waals surface area contributed by atoms with Gasteiger partial charge in [-0.25, -0.2) is 4.79 Å². The molecule has 3 rings (SSSR count). The Balaban J connectivity index is 1.60. The molecule has 0 saturated heterocycles. The van der Waals surface area contributed by atoms with Gasteiger partial charge in [0.2, 0.25) is 0 Å². The lowest BCUT2D eigenvalue weighted by Crippen LogP contribution is -2.29. The number of amides is 2. The van der Waals surface area contributed by atoms with E-state index in [0.29, 0.717) is 24.6 Å². The summed E-state index contributed by atoms with van der Waals surface area (Å²) in [6.07, 6.45) is 2.96. The van der Waals surface area contributed by atoms with Crippen LogP contribution in [0.25, 0.3) is 0 Å². The molecular formula is C17H23N5O2. The van der Waals surface area contributed by atoms with Crippen molar-refractivity contribution < 1.29 is 9.53 Å². The number of nitrogens with one attached hydrogen (secondary N) is 2. The minimum Gasteiger partial charge on any atom is -0.491 e. The fourth-order valence-electron chi connectivity index (χ4n) is 2.73. The van der Waals surface area contributed by atoms with Crippen molar-refractivity contribution in [1.82, 2.24) is 20.1 Å². The molecule has 1 aromatic carbocycles. The molecule has 0 aliphatic carbocycles. The molecule has 0 unspecified atom stereocenters. The molecule has 7 nitrogen and oxygen atoms in total. The van der Waals surface area contributed by atoms with Crippen molar-refractivity contribution in [3.8, 4) is 5.75 Å². The summed E-state index contributed by atoms with van der Waals surface area (Å²) in [5.41, 5.74) is 1.75. The molecule has 1 aliphatic heterocycles. The number of nitrogens with zero attached hydrogens (tertiary/aromatic N) is 3. The Morgan fingerprint density at radius 3 is 3.08 bits per heavy atom. The third kappa shape index (κ3) is 3.67. The van der Waals surface area contributed by atoms with E-state index in [2.05, 4.69) is 25.4 Å². The van der Waals surface area contributed by atoms with Gasteiger partial charge in [0.25, 0.3) is 0 Å². The number of hydrogen-bond donors (Lipinski definition) is 2. The van der Waals surface area contributed by atoms with Gasteiger partial charge in [0, 0.05) is 13.0 Å². The van der Waals surface area contributed by atoms with Gasteiger partial charge in [-0.15, -0.1) is 10.2 Å². The maximum atomic E-state index is 12.2. The van der Waals surface area contributed by atoms with Crippen molar-refractivity contribution in [3.63, 3.8) is 0 Å². The van der Waals surface area contributed by atoms with Crippen molar-refractivity contribution in [2.24, 2.45) is 0 Å². The lowest BCUT2D eigenvalue weighted by molar-refractivity contribution is 0.251. The van der Waals surface area contributed by atoms with Crippen LogP contribution in [0.15, 0.2) is 18.2 Å². The Bertz CT molecular complexity index is 726. The SMILES string of the molecule is CCCOc1cc(C)ccc1NC(=O)NCc1nnc2n1CCC2. The summed E-state index contributed by atoms with van der Waals surface area (Å²) in [6, 6.07) is 5.45. The summed E-state index contributed by atoms with van der Waals surface area (Å²) in [4.78, 5) is 12.2. The van der Waals surface area contributed by atoms with E-state index in [1.165, 1.54) is 0 Å². The van der Waals surface area contributed by atoms with Crippen LogP contribution in [-0.2, 0) is 19.5 Å². The first kappa shape index (κ1) is 16.3. The first-order chi connectivity index (χ1) is 11.7. The number of rotatable bonds is 6. The highest BCUT2D eigenvalue weighted by Crippen LogP contribution is 2.26. The molecule has 0 bridgehead atoms. The largest absolute Gasteiger partial charge is 0.491 e. The molecule has 128 valence electrons. The zero-order valence-corrected chi connectivity index (χ0v) is 14.1. The fraction of sp³-hybridized carbons (Fsp3) is 0.471. The standard InChI is InChI=1S/C17H23N5O2/c1-3-9-24-14-10-12(2)6-7-13(14)19-17(23)18-11-16-21-20-15-5-4-8-22(15)16/h6-7,10H,3-5,8-9,11H2,1-2H3,(H2,18,19,23). The van der Waals surface area contributed by atoms with Gasteiger partial charge in [-0.2, -0.15) is 0 Å². The predicted octanol–water partition coefficient (Wildman–Crippen LogP) is 2.64.